The number of carbonyl (C=O) groups excluding carboxylic acids is 1. The number of aromatic nitrogens is 1. The van der Waals surface area contributed by atoms with Gasteiger partial charge in [0.2, 0.25) is 5.91 Å². The summed E-state index contributed by atoms with van der Waals surface area (Å²) in [7, 11) is 0. The number of hydrogen-bond acceptors (Lipinski definition) is 4. The molecule has 1 aliphatic heterocycles. The van der Waals surface area contributed by atoms with Gasteiger partial charge in [-0.05, 0) is 30.3 Å². The summed E-state index contributed by atoms with van der Waals surface area (Å²) in [6, 6.07) is 7.99. The van der Waals surface area contributed by atoms with E-state index in [4.69, 9.17) is 23.2 Å². The van der Waals surface area contributed by atoms with Crippen molar-refractivity contribution in [1.82, 2.24) is 9.88 Å². The van der Waals surface area contributed by atoms with Crippen LogP contribution in [0.15, 0.2) is 41.4 Å². The topological polar surface area (TPSA) is 36.4 Å². The number of pyridine rings is 1. The fourth-order valence-electron chi connectivity index (χ4n) is 2.75. The summed E-state index contributed by atoms with van der Waals surface area (Å²) in [5, 5.41) is 1.03. The van der Waals surface area contributed by atoms with Gasteiger partial charge in [-0.25, -0.2) is 9.37 Å². The zero-order valence-corrected chi connectivity index (χ0v) is 16.3. The van der Waals surface area contributed by atoms with E-state index in [1.54, 1.807) is 36.2 Å². The first-order valence-electron chi connectivity index (χ1n) is 8.25. The quantitative estimate of drug-likeness (QED) is 0.682. The first-order chi connectivity index (χ1) is 12.5. The molecule has 1 fully saturated rings. The minimum absolute atomic E-state index is 0.134. The second kappa shape index (κ2) is 8.93. The average Bonchev–Trinajstić information content (AvgIpc) is 2.63. The molecule has 0 bridgehead atoms. The van der Waals surface area contributed by atoms with E-state index in [-0.39, 0.29) is 11.7 Å². The first-order valence-corrected chi connectivity index (χ1v) is 9.99. The maximum atomic E-state index is 12.9. The molecule has 1 aromatic heterocycles. The largest absolute Gasteiger partial charge is 0.352 e. The number of piperazine rings is 1. The Hall–Kier alpha value is -1.50. The SMILES string of the molecule is O=C(CCSc1ccc(F)cc1)N1CCN(c2ncc(Cl)cc2Cl)CC1. The van der Waals surface area contributed by atoms with Crippen molar-refractivity contribution < 1.29 is 9.18 Å². The van der Waals surface area contributed by atoms with E-state index in [2.05, 4.69) is 9.88 Å². The van der Waals surface area contributed by atoms with Crippen molar-refractivity contribution in [2.24, 2.45) is 0 Å². The molecule has 0 saturated carbocycles. The monoisotopic (exact) mass is 413 g/mol. The van der Waals surface area contributed by atoms with Crippen LogP contribution in [0.25, 0.3) is 0 Å². The molecule has 8 heteroatoms. The second-order valence-corrected chi connectivity index (χ2v) is 7.89. The van der Waals surface area contributed by atoms with Crippen molar-refractivity contribution in [2.75, 3.05) is 36.8 Å². The fourth-order valence-corrected chi connectivity index (χ4v) is 4.09. The van der Waals surface area contributed by atoms with Gasteiger partial charge in [0.15, 0.2) is 0 Å². The van der Waals surface area contributed by atoms with Crippen LogP contribution in [0.2, 0.25) is 10.0 Å². The molecule has 0 N–H and O–H groups in total. The van der Waals surface area contributed by atoms with Crippen LogP contribution in [0, 0.1) is 5.82 Å². The van der Waals surface area contributed by atoms with Crippen LogP contribution in [-0.2, 0) is 4.79 Å². The number of hydrogen-bond donors (Lipinski definition) is 0. The van der Waals surface area contributed by atoms with E-state index < -0.39 is 0 Å². The second-order valence-electron chi connectivity index (χ2n) is 5.88. The molecule has 0 unspecified atom stereocenters. The molecule has 0 radical (unpaired) electrons. The maximum Gasteiger partial charge on any atom is 0.223 e. The molecule has 2 aromatic rings. The summed E-state index contributed by atoms with van der Waals surface area (Å²) in [4.78, 5) is 21.6. The number of thioether (sulfide) groups is 1. The van der Waals surface area contributed by atoms with E-state index >= 15 is 0 Å². The van der Waals surface area contributed by atoms with Crippen molar-refractivity contribution in [3.05, 3.63) is 52.4 Å². The van der Waals surface area contributed by atoms with Crippen LogP contribution in [0.5, 0.6) is 0 Å². The van der Waals surface area contributed by atoms with E-state index in [0.717, 1.165) is 4.90 Å². The van der Waals surface area contributed by atoms with Crippen LogP contribution < -0.4 is 4.90 Å². The predicted molar refractivity (Wildman–Crippen MR) is 105 cm³/mol. The van der Waals surface area contributed by atoms with Gasteiger partial charge in [0.25, 0.3) is 0 Å². The van der Waals surface area contributed by atoms with Gasteiger partial charge in [0.1, 0.15) is 11.6 Å². The highest BCUT2D eigenvalue weighted by Gasteiger charge is 2.23. The number of rotatable bonds is 5. The van der Waals surface area contributed by atoms with Gasteiger partial charge in [-0.3, -0.25) is 4.79 Å². The Balaban J connectivity index is 1.45. The molecule has 0 spiro atoms. The van der Waals surface area contributed by atoms with Gasteiger partial charge in [-0.15, -0.1) is 11.8 Å². The highest BCUT2D eigenvalue weighted by molar-refractivity contribution is 7.99. The molecule has 4 nitrogen and oxygen atoms in total. The summed E-state index contributed by atoms with van der Waals surface area (Å²) in [5.74, 6) is 1.26. The number of amides is 1. The van der Waals surface area contributed by atoms with E-state index in [1.807, 2.05) is 4.90 Å². The average molecular weight is 414 g/mol. The molecule has 1 aliphatic rings. The number of benzene rings is 1. The van der Waals surface area contributed by atoms with Crippen molar-refractivity contribution in [3.63, 3.8) is 0 Å². The standard InChI is InChI=1S/C18H18Cl2FN3OS/c19-13-11-16(20)18(22-12-13)24-8-6-23(7-9-24)17(25)5-10-26-15-3-1-14(21)2-4-15/h1-4,11-12H,5-10H2. The Labute approximate surface area is 166 Å². The zero-order valence-electron chi connectivity index (χ0n) is 14.0. The highest BCUT2D eigenvalue weighted by atomic mass is 35.5. The third kappa shape index (κ3) is 5.02. The van der Waals surface area contributed by atoms with E-state index in [0.29, 0.717) is 54.2 Å². The maximum absolute atomic E-state index is 12.9. The molecule has 1 amide bonds. The van der Waals surface area contributed by atoms with Gasteiger partial charge >= 0.3 is 0 Å². The molecular weight excluding hydrogens is 396 g/mol. The number of anilines is 1. The lowest BCUT2D eigenvalue weighted by molar-refractivity contribution is -0.131. The molecule has 138 valence electrons. The Morgan fingerprint density at radius 3 is 2.50 bits per heavy atom. The molecular formula is C18H18Cl2FN3OS. The van der Waals surface area contributed by atoms with Crippen LogP contribution in [0.4, 0.5) is 10.2 Å². The van der Waals surface area contributed by atoms with Gasteiger partial charge in [0.05, 0.1) is 10.0 Å². The Morgan fingerprint density at radius 2 is 1.85 bits per heavy atom. The van der Waals surface area contributed by atoms with E-state index in [1.165, 1.54) is 12.1 Å². The predicted octanol–water partition coefficient (Wildman–Crippen LogP) is 4.36. The first kappa shape index (κ1) is 19.3. The van der Waals surface area contributed by atoms with Gasteiger partial charge in [-0.1, -0.05) is 23.2 Å². The molecule has 2 heterocycles. The normalized spacial score (nSPS) is 14.6. The van der Waals surface area contributed by atoms with Crippen LogP contribution >= 0.6 is 35.0 Å². The van der Waals surface area contributed by atoms with Gasteiger partial charge in [0, 0.05) is 49.4 Å². The summed E-state index contributed by atoms with van der Waals surface area (Å²) in [6.45, 7) is 2.65. The van der Waals surface area contributed by atoms with Gasteiger partial charge < -0.3 is 9.80 Å². The van der Waals surface area contributed by atoms with Crippen molar-refractivity contribution >= 4 is 46.7 Å². The van der Waals surface area contributed by atoms with Gasteiger partial charge in [-0.2, -0.15) is 0 Å². The third-order valence-electron chi connectivity index (χ3n) is 4.12. The Morgan fingerprint density at radius 1 is 1.15 bits per heavy atom. The summed E-state index contributed by atoms with van der Waals surface area (Å²) in [5.41, 5.74) is 0. The van der Waals surface area contributed by atoms with Crippen LogP contribution in [-0.4, -0.2) is 47.7 Å². The lowest BCUT2D eigenvalue weighted by Gasteiger charge is -2.35. The fraction of sp³-hybridized carbons (Fsp3) is 0.333. The minimum Gasteiger partial charge on any atom is -0.352 e. The zero-order chi connectivity index (χ0) is 18.5. The van der Waals surface area contributed by atoms with E-state index in [9.17, 15) is 9.18 Å². The smallest absolute Gasteiger partial charge is 0.223 e. The lowest BCUT2D eigenvalue weighted by atomic mass is 10.2. The molecule has 3 rings (SSSR count). The third-order valence-corrected chi connectivity index (χ3v) is 5.62. The molecule has 0 aliphatic carbocycles. The number of halogens is 3. The molecule has 26 heavy (non-hydrogen) atoms. The van der Waals surface area contributed by atoms with Crippen LogP contribution in [0.3, 0.4) is 0 Å². The number of nitrogens with zero attached hydrogens (tertiary/aromatic N) is 3. The Kier molecular flexibility index (Phi) is 6.62. The van der Waals surface area contributed by atoms with Crippen molar-refractivity contribution in [1.29, 1.82) is 0 Å². The van der Waals surface area contributed by atoms with Crippen molar-refractivity contribution in [3.8, 4) is 0 Å². The summed E-state index contributed by atoms with van der Waals surface area (Å²) in [6.07, 6.45) is 2.04. The summed E-state index contributed by atoms with van der Waals surface area (Å²) >= 11 is 13.6. The van der Waals surface area contributed by atoms with Crippen LogP contribution in [0.1, 0.15) is 6.42 Å². The highest BCUT2D eigenvalue weighted by Crippen LogP contribution is 2.27. The molecule has 1 saturated heterocycles. The summed E-state index contributed by atoms with van der Waals surface area (Å²) < 4.78 is 12.9. The molecule has 1 aromatic carbocycles. The molecule has 0 atom stereocenters. The lowest BCUT2D eigenvalue weighted by Crippen LogP contribution is -2.49. The number of carbonyl (C=O) groups is 1. The Bertz CT molecular complexity index is 768. The minimum atomic E-state index is -0.251. The van der Waals surface area contributed by atoms with Crippen molar-refractivity contribution in [2.45, 2.75) is 11.3 Å².